The summed E-state index contributed by atoms with van der Waals surface area (Å²) >= 11 is 0. The first-order valence-electron chi connectivity index (χ1n) is 3.78. The van der Waals surface area contributed by atoms with Gasteiger partial charge >= 0.3 is 0 Å². The monoisotopic (exact) mass is 169 g/mol. The van der Waals surface area contributed by atoms with Crippen LogP contribution in [0.2, 0.25) is 0 Å². The van der Waals surface area contributed by atoms with Gasteiger partial charge < -0.3 is 10.4 Å². The first-order valence-corrected chi connectivity index (χ1v) is 3.78. The zero-order valence-electron chi connectivity index (χ0n) is 6.59. The molecule has 0 aromatic carbocycles. The zero-order valence-corrected chi connectivity index (χ0v) is 6.59. The van der Waals surface area contributed by atoms with E-state index in [1.54, 1.807) is 6.20 Å². The quantitative estimate of drug-likeness (QED) is 0.494. The van der Waals surface area contributed by atoms with Crippen molar-refractivity contribution in [2.75, 3.05) is 6.54 Å². The predicted molar refractivity (Wildman–Crippen MR) is 43.7 cm³/mol. The van der Waals surface area contributed by atoms with Crippen LogP contribution in [0.4, 0.5) is 0 Å². The van der Waals surface area contributed by atoms with Gasteiger partial charge in [-0.15, -0.1) is 0 Å². The summed E-state index contributed by atoms with van der Waals surface area (Å²) in [5.41, 5.74) is -0.0880. The van der Waals surface area contributed by atoms with Crippen LogP contribution in [0.1, 0.15) is 12.8 Å². The SMILES string of the molecule is O=C1CCCN1.O=c1cc[nH][nH]1. The van der Waals surface area contributed by atoms with E-state index in [0.717, 1.165) is 19.4 Å². The largest absolute Gasteiger partial charge is 0.356 e. The highest BCUT2D eigenvalue weighted by atomic mass is 16.1. The Balaban J connectivity index is 0.000000120. The highest BCUT2D eigenvalue weighted by Crippen LogP contribution is 1.93. The smallest absolute Gasteiger partial charge is 0.263 e. The van der Waals surface area contributed by atoms with E-state index in [-0.39, 0.29) is 11.5 Å². The summed E-state index contributed by atoms with van der Waals surface area (Å²) in [4.78, 5) is 20.1. The van der Waals surface area contributed by atoms with E-state index < -0.39 is 0 Å². The van der Waals surface area contributed by atoms with E-state index in [2.05, 4.69) is 15.5 Å². The summed E-state index contributed by atoms with van der Waals surface area (Å²) in [6.45, 7) is 0.888. The van der Waals surface area contributed by atoms with E-state index >= 15 is 0 Å². The standard InChI is InChI=1S/C4H7NO.C3H4N2O/c6-4-2-1-3-5-4;6-3-1-2-4-5-3/h1-3H2,(H,5,6);1-2H,(H2,4,5,6). The molecule has 0 atom stereocenters. The highest BCUT2D eigenvalue weighted by Gasteiger charge is 2.05. The summed E-state index contributed by atoms with van der Waals surface area (Å²) in [6, 6.07) is 1.42. The van der Waals surface area contributed by atoms with Crippen LogP contribution in [0.3, 0.4) is 0 Å². The molecule has 0 bridgehead atoms. The number of rotatable bonds is 0. The molecule has 12 heavy (non-hydrogen) atoms. The minimum atomic E-state index is -0.0880. The second kappa shape index (κ2) is 4.38. The number of aromatic amines is 2. The van der Waals surface area contributed by atoms with Crippen LogP contribution in [0.25, 0.3) is 0 Å². The zero-order chi connectivity index (χ0) is 8.81. The average molecular weight is 169 g/mol. The molecular weight excluding hydrogens is 158 g/mol. The Kier molecular flexibility index (Phi) is 3.13. The van der Waals surface area contributed by atoms with Crippen LogP contribution in [0, 0.1) is 0 Å². The van der Waals surface area contributed by atoms with Crippen LogP contribution in [0.5, 0.6) is 0 Å². The van der Waals surface area contributed by atoms with Gasteiger partial charge in [-0.05, 0) is 6.42 Å². The number of amides is 1. The molecule has 2 heterocycles. The summed E-state index contributed by atoms with van der Waals surface area (Å²) in [5.74, 6) is 0.204. The van der Waals surface area contributed by atoms with Gasteiger partial charge in [0.25, 0.3) is 5.56 Å². The normalized spacial score (nSPS) is 14.8. The molecule has 5 nitrogen and oxygen atoms in total. The molecule has 2 rings (SSSR count). The summed E-state index contributed by atoms with van der Waals surface area (Å²) in [7, 11) is 0. The van der Waals surface area contributed by atoms with Crippen molar-refractivity contribution in [2.45, 2.75) is 12.8 Å². The van der Waals surface area contributed by atoms with Gasteiger partial charge in [-0.2, -0.15) is 0 Å². The highest BCUT2D eigenvalue weighted by molar-refractivity contribution is 5.77. The Morgan fingerprint density at radius 2 is 2.17 bits per heavy atom. The van der Waals surface area contributed by atoms with Gasteiger partial charge in [-0.3, -0.25) is 14.7 Å². The van der Waals surface area contributed by atoms with Crippen LogP contribution in [0.15, 0.2) is 17.1 Å². The number of H-pyrrole nitrogens is 2. The molecule has 1 amide bonds. The molecule has 3 N–H and O–H groups in total. The fourth-order valence-electron chi connectivity index (χ4n) is 0.837. The second-order valence-corrected chi connectivity index (χ2v) is 2.42. The third-order valence-electron chi connectivity index (χ3n) is 1.42. The molecule has 1 fully saturated rings. The van der Waals surface area contributed by atoms with Crippen LogP contribution in [-0.4, -0.2) is 22.6 Å². The lowest BCUT2D eigenvalue weighted by molar-refractivity contribution is -0.119. The summed E-state index contributed by atoms with van der Waals surface area (Å²) in [6.07, 6.45) is 3.31. The van der Waals surface area contributed by atoms with Crippen molar-refractivity contribution in [1.29, 1.82) is 0 Å². The van der Waals surface area contributed by atoms with Gasteiger partial charge in [-0.1, -0.05) is 0 Å². The van der Waals surface area contributed by atoms with E-state index in [9.17, 15) is 9.59 Å². The van der Waals surface area contributed by atoms with Crippen molar-refractivity contribution in [3.05, 3.63) is 22.6 Å². The Bertz CT molecular complexity index is 264. The Morgan fingerprint density at radius 3 is 2.33 bits per heavy atom. The summed E-state index contributed by atoms with van der Waals surface area (Å²) in [5, 5.41) is 7.49. The molecule has 0 radical (unpaired) electrons. The molecule has 5 heteroatoms. The molecular formula is C7H11N3O2. The Morgan fingerprint density at radius 1 is 1.33 bits per heavy atom. The lowest BCUT2D eigenvalue weighted by Gasteiger charge is -1.80. The van der Waals surface area contributed by atoms with E-state index in [1.165, 1.54) is 6.07 Å². The van der Waals surface area contributed by atoms with E-state index in [1.807, 2.05) is 0 Å². The lowest BCUT2D eigenvalue weighted by Crippen LogP contribution is -2.12. The molecule has 0 unspecified atom stereocenters. The van der Waals surface area contributed by atoms with Gasteiger partial charge in [0.15, 0.2) is 0 Å². The topological polar surface area (TPSA) is 77.8 Å². The molecule has 0 spiro atoms. The summed E-state index contributed by atoms with van der Waals surface area (Å²) < 4.78 is 0. The Hall–Kier alpha value is -1.52. The fraction of sp³-hybridized carbons (Fsp3) is 0.429. The predicted octanol–water partition coefficient (Wildman–Crippen LogP) is -0.401. The van der Waals surface area contributed by atoms with Crippen molar-refractivity contribution in [1.82, 2.24) is 15.5 Å². The molecule has 0 aliphatic carbocycles. The lowest BCUT2D eigenvalue weighted by atomic mass is 10.4. The third-order valence-corrected chi connectivity index (χ3v) is 1.42. The van der Waals surface area contributed by atoms with Gasteiger partial charge in [0.2, 0.25) is 5.91 Å². The molecule has 1 aliphatic rings. The van der Waals surface area contributed by atoms with E-state index in [4.69, 9.17) is 0 Å². The van der Waals surface area contributed by atoms with Gasteiger partial charge in [0, 0.05) is 25.2 Å². The van der Waals surface area contributed by atoms with Crippen molar-refractivity contribution in [2.24, 2.45) is 0 Å². The molecule has 66 valence electrons. The minimum absolute atomic E-state index is 0.0880. The van der Waals surface area contributed by atoms with Crippen LogP contribution >= 0.6 is 0 Å². The number of nitrogens with one attached hydrogen (secondary N) is 3. The van der Waals surface area contributed by atoms with Crippen molar-refractivity contribution < 1.29 is 4.79 Å². The second-order valence-electron chi connectivity index (χ2n) is 2.42. The minimum Gasteiger partial charge on any atom is -0.356 e. The Labute approximate surface area is 69.2 Å². The van der Waals surface area contributed by atoms with Gasteiger partial charge in [-0.25, -0.2) is 0 Å². The first-order chi connectivity index (χ1) is 5.79. The number of hydrogen-bond acceptors (Lipinski definition) is 2. The van der Waals surface area contributed by atoms with Crippen molar-refractivity contribution in [3.63, 3.8) is 0 Å². The number of hydrogen-bond donors (Lipinski definition) is 3. The molecule has 1 saturated heterocycles. The molecule has 0 saturated carbocycles. The van der Waals surface area contributed by atoms with Gasteiger partial charge in [0.1, 0.15) is 0 Å². The van der Waals surface area contributed by atoms with Crippen LogP contribution in [-0.2, 0) is 4.79 Å². The maximum absolute atomic E-state index is 10.1. The number of carbonyl (C=O) groups excluding carboxylic acids is 1. The van der Waals surface area contributed by atoms with Crippen molar-refractivity contribution in [3.8, 4) is 0 Å². The van der Waals surface area contributed by atoms with E-state index in [0.29, 0.717) is 0 Å². The third kappa shape index (κ3) is 3.05. The fourth-order valence-corrected chi connectivity index (χ4v) is 0.837. The van der Waals surface area contributed by atoms with Crippen LogP contribution < -0.4 is 10.9 Å². The maximum Gasteiger partial charge on any atom is 0.263 e. The number of carbonyl (C=O) groups is 1. The average Bonchev–Trinajstić information content (AvgIpc) is 2.63. The number of aromatic nitrogens is 2. The molecule has 1 aromatic heterocycles. The molecule has 1 aromatic rings. The van der Waals surface area contributed by atoms with Crippen molar-refractivity contribution >= 4 is 5.91 Å². The maximum atomic E-state index is 10.1. The molecule has 1 aliphatic heterocycles. The van der Waals surface area contributed by atoms with Gasteiger partial charge in [0.05, 0.1) is 0 Å². The first kappa shape index (κ1) is 8.58.